The molecular weight excluding hydrogens is 199 g/mol. The van der Waals surface area contributed by atoms with Crippen LogP contribution in [0.3, 0.4) is 0 Å². The Bertz CT molecular complexity index is 533. The lowest BCUT2D eigenvalue weighted by Gasteiger charge is -1.99. The molecule has 0 unspecified atom stereocenters. The molecule has 0 radical (unpaired) electrons. The molecule has 0 aliphatic carbocycles. The van der Waals surface area contributed by atoms with E-state index in [0.717, 1.165) is 0 Å². The van der Waals surface area contributed by atoms with E-state index in [2.05, 4.69) is 4.98 Å². The number of rotatable bonds is 2. The number of pyridine rings is 1. The standard InChI is InChI=1S/C10H9FN2O2/c1-2-6-3-7(11)4-13-5-8(10(14)15)12-9(6)13/h3-5H,2H2,1H3,(H,14,15). The zero-order valence-electron chi connectivity index (χ0n) is 8.07. The number of carboxylic acid groups (broad SMARTS) is 1. The van der Waals surface area contributed by atoms with Crippen LogP contribution in [0.2, 0.25) is 0 Å². The lowest BCUT2D eigenvalue weighted by molar-refractivity contribution is 0.0691. The zero-order chi connectivity index (χ0) is 11.0. The van der Waals surface area contributed by atoms with E-state index in [1.165, 1.54) is 22.9 Å². The second-order valence-corrected chi connectivity index (χ2v) is 3.20. The van der Waals surface area contributed by atoms with Gasteiger partial charge in [0, 0.05) is 12.4 Å². The molecule has 0 atom stereocenters. The van der Waals surface area contributed by atoms with Crippen LogP contribution in [0.4, 0.5) is 4.39 Å². The van der Waals surface area contributed by atoms with Crippen molar-refractivity contribution >= 4 is 11.6 Å². The molecule has 2 aromatic rings. The van der Waals surface area contributed by atoms with Crippen molar-refractivity contribution in [3.63, 3.8) is 0 Å². The van der Waals surface area contributed by atoms with Gasteiger partial charge in [0.1, 0.15) is 11.5 Å². The molecule has 0 bridgehead atoms. The van der Waals surface area contributed by atoms with Crippen molar-refractivity contribution in [3.05, 3.63) is 35.5 Å². The van der Waals surface area contributed by atoms with Gasteiger partial charge in [-0.25, -0.2) is 14.2 Å². The molecule has 0 fully saturated rings. The zero-order valence-corrected chi connectivity index (χ0v) is 8.07. The third kappa shape index (κ3) is 1.56. The van der Waals surface area contributed by atoms with Crippen molar-refractivity contribution < 1.29 is 14.3 Å². The van der Waals surface area contributed by atoms with Gasteiger partial charge in [-0.15, -0.1) is 0 Å². The highest BCUT2D eigenvalue weighted by Crippen LogP contribution is 2.14. The number of carbonyl (C=O) groups is 1. The lowest BCUT2D eigenvalue weighted by Crippen LogP contribution is -1.95. The summed E-state index contributed by atoms with van der Waals surface area (Å²) in [6.07, 6.45) is 3.13. The molecule has 0 saturated heterocycles. The Morgan fingerprint density at radius 3 is 2.93 bits per heavy atom. The average Bonchev–Trinajstić information content (AvgIpc) is 2.59. The quantitative estimate of drug-likeness (QED) is 0.817. The molecule has 0 spiro atoms. The van der Waals surface area contributed by atoms with Gasteiger partial charge in [0.25, 0.3) is 0 Å². The van der Waals surface area contributed by atoms with E-state index in [-0.39, 0.29) is 5.69 Å². The first-order valence-corrected chi connectivity index (χ1v) is 4.52. The minimum absolute atomic E-state index is 0.0738. The van der Waals surface area contributed by atoms with Crippen LogP contribution in [0.1, 0.15) is 23.0 Å². The summed E-state index contributed by atoms with van der Waals surface area (Å²) in [5.41, 5.74) is 1.12. The number of halogens is 1. The molecule has 78 valence electrons. The van der Waals surface area contributed by atoms with Crippen LogP contribution in [-0.2, 0) is 6.42 Å². The van der Waals surface area contributed by atoms with Crippen molar-refractivity contribution in [2.45, 2.75) is 13.3 Å². The molecule has 0 amide bonds. The summed E-state index contributed by atoms with van der Waals surface area (Å²) in [7, 11) is 0. The molecule has 0 aliphatic heterocycles. The highest BCUT2D eigenvalue weighted by Gasteiger charge is 2.11. The van der Waals surface area contributed by atoms with Crippen molar-refractivity contribution in [3.8, 4) is 0 Å². The van der Waals surface area contributed by atoms with Gasteiger partial charge in [-0.1, -0.05) is 6.92 Å². The smallest absolute Gasteiger partial charge is 0.356 e. The van der Waals surface area contributed by atoms with Gasteiger partial charge in [0.2, 0.25) is 0 Å². The van der Waals surface area contributed by atoms with Crippen molar-refractivity contribution in [2.75, 3.05) is 0 Å². The average molecular weight is 208 g/mol. The van der Waals surface area contributed by atoms with Crippen LogP contribution in [0.25, 0.3) is 5.65 Å². The van der Waals surface area contributed by atoms with Crippen LogP contribution in [-0.4, -0.2) is 20.5 Å². The number of aromatic nitrogens is 2. The Morgan fingerprint density at radius 2 is 2.33 bits per heavy atom. The van der Waals surface area contributed by atoms with E-state index in [1.54, 1.807) is 0 Å². The summed E-state index contributed by atoms with van der Waals surface area (Å²) in [5, 5.41) is 8.75. The van der Waals surface area contributed by atoms with Crippen LogP contribution in [0.5, 0.6) is 0 Å². The van der Waals surface area contributed by atoms with Crippen LogP contribution >= 0.6 is 0 Å². The molecule has 15 heavy (non-hydrogen) atoms. The summed E-state index contributed by atoms with van der Waals surface area (Å²) in [4.78, 5) is 14.6. The van der Waals surface area contributed by atoms with Gasteiger partial charge < -0.3 is 9.51 Å². The fourth-order valence-electron chi connectivity index (χ4n) is 1.49. The third-order valence-corrected chi connectivity index (χ3v) is 2.19. The summed E-state index contributed by atoms with van der Waals surface area (Å²) in [5.74, 6) is -1.50. The lowest BCUT2D eigenvalue weighted by atomic mass is 10.2. The number of hydrogen-bond acceptors (Lipinski definition) is 2. The Kier molecular flexibility index (Phi) is 2.15. The number of nitrogens with zero attached hydrogens (tertiary/aromatic N) is 2. The van der Waals surface area contributed by atoms with E-state index >= 15 is 0 Å². The fraction of sp³-hybridized carbons (Fsp3) is 0.200. The summed E-state index contributed by atoms with van der Waals surface area (Å²) in [6.45, 7) is 1.86. The molecule has 2 aromatic heterocycles. The Labute approximate surface area is 85.0 Å². The third-order valence-electron chi connectivity index (χ3n) is 2.19. The molecule has 0 saturated carbocycles. The Hall–Kier alpha value is -1.91. The van der Waals surface area contributed by atoms with E-state index < -0.39 is 11.8 Å². The predicted molar refractivity (Wildman–Crippen MR) is 51.5 cm³/mol. The van der Waals surface area contributed by atoms with Crippen LogP contribution < -0.4 is 0 Å². The molecule has 2 rings (SSSR count). The maximum absolute atomic E-state index is 13.1. The van der Waals surface area contributed by atoms with Gasteiger partial charge >= 0.3 is 5.97 Å². The second-order valence-electron chi connectivity index (χ2n) is 3.20. The monoisotopic (exact) mass is 208 g/mol. The summed E-state index contributed by atoms with van der Waals surface area (Å²) >= 11 is 0. The Morgan fingerprint density at radius 1 is 1.60 bits per heavy atom. The SMILES string of the molecule is CCc1cc(F)cn2cc(C(=O)O)nc12. The molecule has 4 nitrogen and oxygen atoms in total. The number of imidazole rings is 1. The molecule has 5 heteroatoms. The van der Waals surface area contributed by atoms with Gasteiger partial charge in [0.15, 0.2) is 5.69 Å². The van der Waals surface area contributed by atoms with E-state index in [4.69, 9.17) is 5.11 Å². The first kappa shape index (κ1) is 9.64. The van der Waals surface area contributed by atoms with Gasteiger partial charge in [-0.05, 0) is 18.1 Å². The van der Waals surface area contributed by atoms with Crippen molar-refractivity contribution in [1.29, 1.82) is 0 Å². The van der Waals surface area contributed by atoms with Gasteiger partial charge in [0.05, 0.1) is 0 Å². The first-order valence-electron chi connectivity index (χ1n) is 4.52. The first-order chi connectivity index (χ1) is 7.11. The maximum atomic E-state index is 13.1. The highest BCUT2D eigenvalue weighted by atomic mass is 19.1. The molecule has 1 N–H and O–H groups in total. The molecule has 0 aliphatic rings. The second kappa shape index (κ2) is 3.34. The highest BCUT2D eigenvalue weighted by molar-refractivity contribution is 5.86. The number of hydrogen-bond donors (Lipinski definition) is 1. The topological polar surface area (TPSA) is 54.6 Å². The molecule has 0 aromatic carbocycles. The summed E-state index contributed by atoms with van der Waals surface area (Å²) in [6, 6.07) is 1.37. The predicted octanol–water partition coefficient (Wildman–Crippen LogP) is 1.73. The van der Waals surface area contributed by atoms with Crippen molar-refractivity contribution in [1.82, 2.24) is 9.38 Å². The number of aryl methyl sites for hydroxylation is 1. The normalized spacial score (nSPS) is 10.8. The minimum Gasteiger partial charge on any atom is -0.476 e. The maximum Gasteiger partial charge on any atom is 0.356 e. The van der Waals surface area contributed by atoms with Gasteiger partial charge in [-0.3, -0.25) is 0 Å². The number of aromatic carboxylic acids is 1. The summed E-state index contributed by atoms with van der Waals surface area (Å²) < 4.78 is 14.5. The van der Waals surface area contributed by atoms with Crippen LogP contribution in [0.15, 0.2) is 18.5 Å². The fourth-order valence-corrected chi connectivity index (χ4v) is 1.49. The molecular formula is C10H9FN2O2. The van der Waals surface area contributed by atoms with Gasteiger partial charge in [-0.2, -0.15) is 0 Å². The Balaban J connectivity index is 2.74. The number of carboxylic acids is 1. The van der Waals surface area contributed by atoms with E-state index in [1.807, 2.05) is 6.92 Å². The van der Waals surface area contributed by atoms with E-state index in [9.17, 15) is 9.18 Å². The van der Waals surface area contributed by atoms with Crippen LogP contribution in [0, 0.1) is 5.82 Å². The number of fused-ring (bicyclic) bond motifs is 1. The minimum atomic E-state index is -1.11. The van der Waals surface area contributed by atoms with Crippen molar-refractivity contribution in [2.24, 2.45) is 0 Å². The molecule has 2 heterocycles. The van der Waals surface area contributed by atoms with E-state index in [0.29, 0.717) is 17.6 Å². The largest absolute Gasteiger partial charge is 0.476 e.